The van der Waals surface area contributed by atoms with E-state index in [9.17, 15) is 0 Å². The van der Waals surface area contributed by atoms with Crippen molar-refractivity contribution in [3.05, 3.63) is 52.9 Å². The predicted octanol–water partition coefficient (Wildman–Crippen LogP) is 3.55. The van der Waals surface area contributed by atoms with E-state index in [4.69, 9.17) is 10.2 Å². The number of hydrogen-bond donors (Lipinski definition) is 0. The van der Waals surface area contributed by atoms with Crippen LogP contribution in [0.5, 0.6) is 0 Å². The Morgan fingerprint density at radius 1 is 1.08 bits per heavy atom. The fraction of sp³-hybridized carbons (Fsp3) is 0.333. The van der Waals surface area contributed by atoms with Crippen molar-refractivity contribution in [3.63, 3.8) is 0 Å². The Bertz CT molecular complexity index is 875. The van der Waals surface area contributed by atoms with Crippen LogP contribution in [0.1, 0.15) is 42.1 Å². The van der Waals surface area contributed by atoms with Gasteiger partial charge in [0.25, 0.3) is 5.82 Å². The molecule has 5 nitrogen and oxygen atoms in total. The van der Waals surface area contributed by atoms with Gasteiger partial charge in [0.05, 0.1) is 5.70 Å². The van der Waals surface area contributed by atoms with Gasteiger partial charge in [-0.15, -0.1) is 0 Å². The predicted molar refractivity (Wildman–Crippen MR) is 95.7 cm³/mol. The number of tetrazole rings is 1. The maximum absolute atomic E-state index is 4.80. The highest BCUT2D eigenvalue weighted by atomic mass is 32.1. The van der Waals surface area contributed by atoms with E-state index in [1.807, 2.05) is 16.5 Å². The summed E-state index contributed by atoms with van der Waals surface area (Å²) < 4.78 is 0. The minimum atomic E-state index is 0.792. The van der Waals surface area contributed by atoms with Gasteiger partial charge in [0.1, 0.15) is 5.69 Å². The summed E-state index contributed by atoms with van der Waals surface area (Å²) in [7, 11) is 0. The molecule has 122 valence electrons. The van der Waals surface area contributed by atoms with Crippen LogP contribution in [0.2, 0.25) is 0 Å². The average molecular weight is 338 g/mol. The molecule has 4 rings (SSSR count). The van der Waals surface area contributed by atoms with Crippen LogP contribution in [-0.4, -0.2) is 20.0 Å². The Balaban J connectivity index is 1.85. The quantitative estimate of drug-likeness (QED) is 0.804. The normalized spacial score (nSPS) is 17.1. The van der Waals surface area contributed by atoms with Crippen LogP contribution in [0, 0.1) is 13.8 Å². The average Bonchev–Trinajstić information content (AvgIpc) is 3.21. The Labute approximate surface area is 145 Å². The number of allylic oxidation sites excluding steroid dienone is 8. The first-order valence-electron chi connectivity index (χ1n) is 8.28. The molecule has 0 saturated carbocycles. The topological polar surface area (TPSA) is 47.5 Å². The smallest absolute Gasteiger partial charge is 0.0938 e. The number of aromatic nitrogens is 5. The van der Waals surface area contributed by atoms with Crippen molar-refractivity contribution >= 4 is 22.6 Å². The zero-order chi connectivity index (χ0) is 16.5. The molecule has 2 heterocycles. The molecule has 0 aromatic carbocycles. The minimum Gasteiger partial charge on any atom is -0.0938 e. The Hall–Kier alpha value is -2.34. The molecule has 0 atom stereocenters. The van der Waals surface area contributed by atoms with E-state index in [1.165, 1.54) is 10.5 Å². The third kappa shape index (κ3) is 2.78. The van der Waals surface area contributed by atoms with Crippen molar-refractivity contribution in [1.29, 1.82) is 0 Å². The fourth-order valence-corrected chi connectivity index (χ4v) is 3.66. The molecule has 2 aromatic heterocycles. The van der Waals surface area contributed by atoms with Gasteiger partial charge in [-0.3, -0.25) is 0 Å². The molecule has 0 spiro atoms. The van der Waals surface area contributed by atoms with E-state index >= 15 is 0 Å². The second-order valence-corrected chi connectivity index (χ2v) is 7.21. The molecule has 0 saturated heterocycles. The van der Waals surface area contributed by atoms with Gasteiger partial charge in [-0.25, -0.2) is 0 Å². The van der Waals surface area contributed by atoms with Crippen molar-refractivity contribution in [2.24, 2.45) is 0 Å². The van der Waals surface area contributed by atoms with Crippen LogP contribution in [0.15, 0.2) is 36.5 Å². The molecule has 0 fully saturated rings. The Morgan fingerprint density at radius 3 is 2.50 bits per heavy atom. The van der Waals surface area contributed by atoms with Gasteiger partial charge in [0.2, 0.25) is 0 Å². The van der Waals surface area contributed by atoms with Crippen LogP contribution in [0.4, 0.5) is 0 Å². The van der Waals surface area contributed by atoms with Crippen LogP contribution >= 0.6 is 11.3 Å². The molecule has 6 heteroatoms. The minimum absolute atomic E-state index is 0.792. The van der Waals surface area contributed by atoms with Gasteiger partial charge in [0, 0.05) is 15.5 Å². The maximum atomic E-state index is 4.80. The van der Waals surface area contributed by atoms with Crippen molar-refractivity contribution in [2.75, 3.05) is 0 Å². The summed E-state index contributed by atoms with van der Waals surface area (Å²) >= 11 is 1.66. The highest BCUT2D eigenvalue weighted by molar-refractivity contribution is 7.13. The molecule has 0 aliphatic heterocycles. The van der Waals surface area contributed by atoms with Gasteiger partial charge in [-0.2, -0.15) is 0 Å². The zero-order valence-corrected chi connectivity index (χ0v) is 14.8. The summed E-state index contributed by atoms with van der Waals surface area (Å²) in [6.07, 6.45) is 16.8. The largest absolute Gasteiger partial charge is 0.364 e. The van der Waals surface area contributed by atoms with Crippen molar-refractivity contribution in [1.82, 2.24) is 20.0 Å². The zero-order valence-electron chi connectivity index (χ0n) is 13.9. The summed E-state index contributed by atoms with van der Waals surface area (Å²) in [6.45, 7) is 4.13. The van der Waals surface area contributed by atoms with Gasteiger partial charge in [0.15, 0.2) is 0 Å². The lowest BCUT2D eigenvalue weighted by Crippen LogP contribution is -2.43. The first-order valence-corrected chi connectivity index (χ1v) is 9.10. The SMILES string of the molecule is Cc1nc(-[n+]2nc(C3=CC=CCC3)nn2C2=CC=CCC2)sc1C. The lowest BCUT2D eigenvalue weighted by Gasteiger charge is -2.05. The third-order valence-corrected chi connectivity index (χ3v) is 5.34. The lowest BCUT2D eigenvalue weighted by molar-refractivity contribution is -0.733. The van der Waals surface area contributed by atoms with Crippen molar-refractivity contribution in [3.8, 4) is 5.13 Å². The highest BCUT2D eigenvalue weighted by Crippen LogP contribution is 2.23. The highest BCUT2D eigenvalue weighted by Gasteiger charge is 2.26. The fourth-order valence-electron chi connectivity index (χ4n) is 2.81. The van der Waals surface area contributed by atoms with E-state index in [2.05, 4.69) is 48.4 Å². The first kappa shape index (κ1) is 15.2. The molecule has 0 amide bonds. The summed E-state index contributed by atoms with van der Waals surface area (Å²) in [6, 6.07) is 0. The standard InChI is InChI=1S/C18H20N5S/c1-13-14(2)24-18(19-13)23-21-17(15-9-5-3-6-10-15)20-22(23)16-11-7-4-8-12-16/h3-5,7,9,11H,6,8,10,12H2,1-2H3/q+1. The summed E-state index contributed by atoms with van der Waals surface area (Å²) in [5.41, 5.74) is 3.38. The molecular weight excluding hydrogens is 318 g/mol. The summed E-state index contributed by atoms with van der Waals surface area (Å²) in [4.78, 5) is 9.65. The second kappa shape index (κ2) is 6.28. The van der Waals surface area contributed by atoms with E-state index < -0.39 is 0 Å². The van der Waals surface area contributed by atoms with E-state index in [0.717, 1.165) is 48.0 Å². The van der Waals surface area contributed by atoms with Crippen molar-refractivity contribution in [2.45, 2.75) is 39.5 Å². The molecule has 2 aliphatic carbocycles. The van der Waals surface area contributed by atoms with Gasteiger partial charge in [-0.05, 0) is 60.3 Å². The Kier molecular flexibility index (Phi) is 3.98. The van der Waals surface area contributed by atoms with E-state index in [1.54, 1.807) is 11.3 Å². The van der Waals surface area contributed by atoms with E-state index in [0.29, 0.717) is 0 Å². The van der Waals surface area contributed by atoms with Crippen LogP contribution < -0.4 is 4.80 Å². The number of hydrogen-bond acceptors (Lipinski definition) is 4. The van der Waals surface area contributed by atoms with Crippen LogP contribution in [-0.2, 0) is 0 Å². The number of thiazole rings is 1. The summed E-state index contributed by atoms with van der Waals surface area (Å²) in [5, 5.41) is 10.5. The molecule has 0 N–H and O–H groups in total. The van der Waals surface area contributed by atoms with Crippen molar-refractivity contribution < 1.29 is 4.80 Å². The van der Waals surface area contributed by atoms with Crippen LogP contribution in [0.25, 0.3) is 16.4 Å². The molecule has 24 heavy (non-hydrogen) atoms. The molecule has 2 aliphatic rings. The maximum Gasteiger partial charge on any atom is 0.364 e. The molecule has 0 radical (unpaired) electrons. The molecular formula is C18H20N5S+. The van der Waals surface area contributed by atoms with Gasteiger partial charge >= 0.3 is 5.13 Å². The number of rotatable bonds is 3. The van der Waals surface area contributed by atoms with Gasteiger partial charge < -0.3 is 0 Å². The van der Waals surface area contributed by atoms with E-state index in [-0.39, 0.29) is 0 Å². The third-order valence-electron chi connectivity index (χ3n) is 4.30. The molecule has 0 bridgehead atoms. The monoisotopic (exact) mass is 338 g/mol. The lowest BCUT2D eigenvalue weighted by atomic mass is 10.1. The first-order chi connectivity index (χ1) is 11.7. The summed E-state index contributed by atoms with van der Waals surface area (Å²) in [5.74, 6) is 0.792. The molecule has 2 aromatic rings. The molecule has 0 unspecified atom stereocenters. The number of aryl methyl sites for hydroxylation is 2. The number of nitrogens with zero attached hydrogens (tertiary/aromatic N) is 5. The van der Waals surface area contributed by atoms with Crippen LogP contribution in [0.3, 0.4) is 0 Å². The Morgan fingerprint density at radius 2 is 1.88 bits per heavy atom. The van der Waals surface area contributed by atoms with Gasteiger partial charge in [-0.1, -0.05) is 46.7 Å². The second-order valence-electron chi connectivity index (χ2n) is 6.02.